The summed E-state index contributed by atoms with van der Waals surface area (Å²) in [6.45, 7) is 1.56. The van der Waals surface area contributed by atoms with Crippen molar-refractivity contribution in [2.75, 3.05) is 21.0 Å². The first-order valence-corrected chi connectivity index (χ1v) is 12.2. The van der Waals surface area contributed by atoms with Crippen molar-refractivity contribution in [2.45, 2.75) is 44.5 Å². The van der Waals surface area contributed by atoms with Crippen molar-refractivity contribution in [1.82, 2.24) is 5.32 Å². The number of carbonyl (C=O) groups excluding carboxylic acids is 1. The Labute approximate surface area is 223 Å². The summed E-state index contributed by atoms with van der Waals surface area (Å²) in [6.07, 6.45) is -2.52. The molecular weight excluding hydrogens is 532 g/mol. The smallest absolute Gasteiger partial charge is 0.381 e. The molecule has 0 aliphatic heterocycles. The van der Waals surface area contributed by atoms with Crippen molar-refractivity contribution >= 4 is 40.4 Å². The number of aryl methyl sites for hydroxylation is 1. The Morgan fingerprint density at radius 3 is 2.49 bits per heavy atom. The third kappa shape index (κ3) is 7.95. The van der Waals surface area contributed by atoms with E-state index in [1.807, 2.05) is 0 Å². The molecular formula is C26H27Cl2F3N2O4. The van der Waals surface area contributed by atoms with Crippen molar-refractivity contribution in [3.63, 3.8) is 0 Å². The van der Waals surface area contributed by atoms with Gasteiger partial charge in [0.15, 0.2) is 0 Å². The summed E-state index contributed by atoms with van der Waals surface area (Å²) in [7, 11) is 2.91. The third-order valence-corrected chi connectivity index (χ3v) is 6.26. The predicted octanol–water partition coefficient (Wildman–Crippen LogP) is 6.49. The molecule has 0 bridgehead atoms. The number of methoxy groups -OCH3 is 2. The fraction of sp³-hybridized carbons (Fsp3) is 0.385. The zero-order valence-corrected chi connectivity index (χ0v) is 22.0. The first-order chi connectivity index (χ1) is 17.5. The number of nitrogens with zero attached hydrogens (tertiary/aromatic N) is 1. The number of ether oxygens (including phenoxy) is 2. The van der Waals surface area contributed by atoms with Gasteiger partial charge in [-0.25, -0.2) is 0 Å². The lowest BCUT2D eigenvalue weighted by Gasteiger charge is -2.17. The molecule has 11 heteroatoms. The molecule has 3 rings (SSSR count). The van der Waals surface area contributed by atoms with Gasteiger partial charge in [0, 0.05) is 29.8 Å². The molecule has 2 unspecified atom stereocenters. The zero-order chi connectivity index (χ0) is 27.2. The highest BCUT2D eigenvalue weighted by atomic mass is 35.5. The van der Waals surface area contributed by atoms with Gasteiger partial charge in [0.05, 0.1) is 24.1 Å². The number of hydrogen-bond acceptors (Lipinski definition) is 5. The van der Waals surface area contributed by atoms with Crippen LogP contribution in [0.5, 0.6) is 0 Å². The summed E-state index contributed by atoms with van der Waals surface area (Å²) < 4.78 is 52.3. The van der Waals surface area contributed by atoms with Gasteiger partial charge in [-0.1, -0.05) is 40.5 Å². The second-order valence-electron chi connectivity index (χ2n) is 8.55. The van der Waals surface area contributed by atoms with E-state index in [1.54, 1.807) is 32.2 Å². The molecule has 1 amide bonds. The molecule has 1 aliphatic rings. The minimum Gasteiger partial charge on any atom is -0.381 e. The summed E-state index contributed by atoms with van der Waals surface area (Å²) in [5.74, 6) is -0.135. The van der Waals surface area contributed by atoms with Crippen LogP contribution in [0.3, 0.4) is 0 Å². The number of allylic oxidation sites excluding steroid dienone is 2. The summed E-state index contributed by atoms with van der Waals surface area (Å²) in [6, 6.07) is 8.70. The van der Waals surface area contributed by atoms with Crippen molar-refractivity contribution < 1.29 is 32.3 Å². The lowest BCUT2D eigenvalue weighted by atomic mass is 9.98. The van der Waals surface area contributed by atoms with Crippen LogP contribution in [-0.2, 0) is 25.5 Å². The molecule has 6 nitrogen and oxygen atoms in total. The standard InChI is InChI=1S/C26H27Cl2F3N2O4/c1-15(36-3)8-25(34)32-23-7-5-16-9-17(4-6-21(16)23)24(33-37-14-35-2)13-22(26(29,30)31)18-10-19(27)12-20(28)11-18/h4,6,9-13,15,23H,5,7-8,14H2,1-3H3,(H,32,34). The maximum absolute atomic E-state index is 14.1. The fourth-order valence-corrected chi connectivity index (χ4v) is 4.54. The van der Waals surface area contributed by atoms with Crippen LogP contribution in [0.4, 0.5) is 13.2 Å². The minimum absolute atomic E-state index is 0.0651. The third-order valence-electron chi connectivity index (χ3n) is 5.82. The van der Waals surface area contributed by atoms with E-state index in [0.717, 1.165) is 17.2 Å². The van der Waals surface area contributed by atoms with Gasteiger partial charge in [-0.05, 0) is 66.8 Å². The van der Waals surface area contributed by atoms with E-state index in [0.29, 0.717) is 18.4 Å². The van der Waals surface area contributed by atoms with Crippen LogP contribution in [0.2, 0.25) is 10.0 Å². The van der Waals surface area contributed by atoms with E-state index in [9.17, 15) is 18.0 Å². The molecule has 37 heavy (non-hydrogen) atoms. The Morgan fingerprint density at radius 2 is 1.86 bits per heavy atom. The predicted molar refractivity (Wildman–Crippen MR) is 137 cm³/mol. The highest BCUT2D eigenvalue weighted by molar-refractivity contribution is 6.35. The molecule has 2 atom stereocenters. The van der Waals surface area contributed by atoms with Gasteiger partial charge in [0.25, 0.3) is 0 Å². The lowest BCUT2D eigenvalue weighted by molar-refractivity contribution is -0.124. The highest BCUT2D eigenvalue weighted by Crippen LogP contribution is 2.37. The van der Waals surface area contributed by atoms with Gasteiger partial charge < -0.3 is 19.6 Å². The Balaban J connectivity index is 1.98. The van der Waals surface area contributed by atoms with Crippen molar-refractivity contribution in [1.29, 1.82) is 0 Å². The number of oxime groups is 1. The summed E-state index contributed by atoms with van der Waals surface area (Å²) in [5.41, 5.74) is 0.943. The molecule has 0 radical (unpaired) electrons. The summed E-state index contributed by atoms with van der Waals surface area (Å²) >= 11 is 11.9. The molecule has 2 aromatic rings. The molecule has 0 fully saturated rings. The Morgan fingerprint density at radius 1 is 1.16 bits per heavy atom. The molecule has 200 valence electrons. The van der Waals surface area contributed by atoms with Crippen LogP contribution < -0.4 is 5.32 Å². The van der Waals surface area contributed by atoms with E-state index >= 15 is 0 Å². The maximum atomic E-state index is 14.1. The van der Waals surface area contributed by atoms with Crippen molar-refractivity contribution in [3.05, 3.63) is 74.8 Å². The van der Waals surface area contributed by atoms with Gasteiger partial charge in [-0.3, -0.25) is 4.79 Å². The van der Waals surface area contributed by atoms with Crippen molar-refractivity contribution in [3.8, 4) is 0 Å². The summed E-state index contributed by atoms with van der Waals surface area (Å²) in [4.78, 5) is 17.4. The quantitative estimate of drug-likeness (QED) is 0.156. The van der Waals surface area contributed by atoms with Gasteiger partial charge in [-0.15, -0.1) is 0 Å². The molecule has 1 aliphatic carbocycles. The van der Waals surface area contributed by atoms with Crippen LogP contribution in [0.15, 0.2) is 47.6 Å². The summed E-state index contributed by atoms with van der Waals surface area (Å²) in [5, 5.41) is 7.04. The highest BCUT2D eigenvalue weighted by Gasteiger charge is 2.36. The van der Waals surface area contributed by atoms with E-state index in [-0.39, 0.29) is 52.6 Å². The van der Waals surface area contributed by atoms with Gasteiger partial charge >= 0.3 is 6.18 Å². The number of hydrogen-bond donors (Lipinski definition) is 1. The van der Waals surface area contributed by atoms with E-state index < -0.39 is 11.7 Å². The molecule has 0 aromatic heterocycles. The normalized spacial score (nSPS) is 16.9. The largest absolute Gasteiger partial charge is 0.417 e. The van der Waals surface area contributed by atoms with Crippen LogP contribution in [0.25, 0.3) is 5.57 Å². The number of halogens is 5. The van der Waals surface area contributed by atoms with Crippen LogP contribution in [0, 0.1) is 0 Å². The molecule has 0 spiro atoms. The molecule has 1 N–H and O–H groups in total. The minimum atomic E-state index is -4.73. The van der Waals surface area contributed by atoms with Gasteiger partial charge in [0.2, 0.25) is 12.7 Å². The second-order valence-corrected chi connectivity index (χ2v) is 9.42. The average Bonchev–Trinajstić information content (AvgIpc) is 3.21. The maximum Gasteiger partial charge on any atom is 0.417 e. The van der Waals surface area contributed by atoms with Crippen molar-refractivity contribution in [2.24, 2.45) is 5.16 Å². The fourth-order valence-electron chi connectivity index (χ4n) is 4.01. The second kappa shape index (κ2) is 12.8. The first-order valence-electron chi connectivity index (χ1n) is 11.4. The van der Waals surface area contributed by atoms with Gasteiger partial charge in [-0.2, -0.15) is 13.2 Å². The number of benzene rings is 2. The van der Waals surface area contributed by atoms with Crippen LogP contribution in [0.1, 0.15) is 48.1 Å². The zero-order valence-electron chi connectivity index (χ0n) is 20.5. The molecule has 2 aromatic carbocycles. The van der Waals surface area contributed by atoms with Crippen LogP contribution in [-0.4, -0.2) is 44.9 Å². The number of amides is 1. The Kier molecular flexibility index (Phi) is 10.0. The number of alkyl halides is 3. The average molecular weight is 559 g/mol. The lowest BCUT2D eigenvalue weighted by Crippen LogP contribution is -2.30. The Bertz CT molecular complexity index is 1160. The molecule has 0 heterocycles. The molecule has 0 saturated carbocycles. The number of rotatable bonds is 10. The van der Waals surface area contributed by atoms with E-state index in [2.05, 4.69) is 10.5 Å². The monoisotopic (exact) mass is 558 g/mol. The van der Waals surface area contributed by atoms with E-state index in [4.69, 9.17) is 37.5 Å². The number of nitrogens with one attached hydrogen (secondary N) is 1. The molecule has 0 saturated heterocycles. The number of carbonyl (C=O) groups is 1. The topological polar surface area (TPSA) is 69.2 Å². The van der Waals surface area contributed by atoms with E-state index in [1.165, 1.54) is 25.3 Å². The first kappa shape index (κ1) is 29.0. The van der Waals surface area contributed by atoms with Crippen LogP contribution >= 0.6 is 23.2 Å². The SMILES string of the molecule is COCON=C(C=C(c1cc(Cl)cc(Cl)c1)C(F)(F)F)c1ccc2c(c1)CCC2NC(=O)CC(C)OC. The Hall–Kier alpha value is -2.59. The van der Waals surface area contributed by atoms with Gasteiger partial charge in [0.1, 0.15) is 5.71 Å². The number of fused-ring (bicyclic) bond motifs is 1.